The molecule has 35 heavy (non-hydrogen) atoms. The first-order valence-corrected chi connectivity index (χ1v) is 13.0. The Bertz CT molecular complexity index is 1200. The number of nitrogens with two attached hydrogens (primary N) is 1. The Morgan fingerprint density at radius 3 is 2.83 bits per heavy atom. The second kappa shape index (κ2) is 9.88. The highest BCUT2D eigenvalue weighted by Crippen LogP contribution is 2.47. The van der Waals surface area contributed by atoms with Gasteiger partial charge in [0.2, 0.25) is 5.16 Å². The molecule has 0 spiro atoms. The fraction of sp³-hybridized carbons (Fsp3) is 0.368. The number of aryl methyl sites for hydroxylation is 1. The average molecular weight is 540 g/mol. The highest BCUT2D eigenvalue weighted by Gasteiger charge is 2.67. The third-order valence-corrected chi connectivity index (χ3v) is 8.52. The van der Waals surface area contributed by atoms with Crippen molar-refractivity contribution >= 4 is 58.7 Å². The highest BCUT2D eigenvalue weighted by molar-refractivity contribution is 8.01. The van der Waals surface area contributed by atoms with E-state index in [1.54, 1.807) is 24.4 Å². The van der Waals surface area contributed by atoms with E-state index < -0.39 is 41.0 Å². The monoisotopic (exact) mass is 539 g/mol. The number of carbonyl (C=O) groups is 4. The maximum atomic E-state index is 13.3. The number of thiophene rings is 1. The predicted molar refractivity (Wildman–Crippen MR) is 127 cm³/mol. The van der Waals surface area contributed by atoms with E-state index in [4.69, 9.17) is 10.5 Å². The van der Waals surface area contributed by atoms with Gasteiger partial charge in [-0.3, -0.25) is 19.6 Å². The maximum absolute atomic E-state index is 13.3. The van der Waals surface area contributed by atoms with E-state index in [0.717, 1.165) is 4.90 Å². The summed E-state index contributed by atoms with van der Waals surface area (Å²) in [5.41, 5.74) is 3.78. The molecule has 186 valence electrons. The number of amides is 4. The lowest BCUT2D eigenvalue weighted by atomic mass is 9.97. The van der Waals surface area contributed by atoms with Crippen molar-refractivity contribution in [2.45, 2.75) is 29.2 Å². The summed E-state index contributed by atoms with van der Waals surface area (Å²) in [6.07, 6.45) is 0. The second-order valence-electron chi connectivity index (χ2n) is 7.47. The smallest absolute Gasteiger partial charge is 0.352 e. The summed E-state index contributed by atoms with van der Waals surface area (Å²) in [6, 6.07) is 1.27. The zero-order chi connectivity index (χ0) is 25.3. The van der Waals surface area contributed by atoms with E-state index in [9.17, 15) is 24.3 Å². The van der Waals surface area contributed by atoms with Crippen LogP contribution in [0.25, 0.3) is 0 Å². The van der Waals surface area contributed by atoms with Crippen LogP contribution in [0.15, 0.2) is 33.9 Å². The molecule has 2 aliphatic heterocycles. The second-order valence-corrected chi connectivity index (χ2v) is 10.5. The van der Waals surface area contributed by atoms with Crippen molar-refractivity contribution in [1.29, 1.82) is 0 Å². The Kier molecular flexibility index (Phi) is 7.07. The molecule has 0 aliphatic carbocycles. The number of nitrogens with zero attached hydrogens (tertiary/aromatic N) is 3. The topological polar surface area (TPSA) is 193 Å². The number of urea groups is 1. The Hall–Kier alpha value is -3.08. The molecule has 6 N–H and O–H groups in total. The summed E-state index contributed by atoms with van der Waals surface area (Å²) in [6.45, 7) is 1.75. The number of ether oxygens (including phenoxy) is 1. The largest absolute Gasteiger partial charge is 0.477 e. The van der Waals surface area contributed by atoms with Gasteiger partial charge in [0.1, 0.15) is 22.9 Å². The number of carboxylic acid groups (broad SMARTS) is 1. The van der Waals surface area contributed by atoms with E-state index in [1.807, 2.05) is 0 Å². The van der Waals surface area contributed by atoms with Crippen LogP contribution < -0.4 is 16.4 Å². The molecule has 0 aromatic carbocycles. The Labute approximate surface area is 211 Å². The molecule has 4 amide bonds. The number of primary amides is 1. The molecule has 13 nitrogen and oxygen atoms in total. The Morgan fingerprint density at radius 2 is 2.26 bits per heavy atom. The van der Waals surface area contributed by atoms with Crippen LogP contribution in [0.5, 0.6) is 0 Å². The molecule has 2 aliphatic rings. The number of H-pyrrole nitrogens is 1. The van der Waals surface area contributed by atoms with E-state index in [2.05, 4.69) is 25.8 Å². The number of aromatic amines is 1. The van der Waals surface area contributed by atoms with Gasteiger partial charge in [0.15, 0.2) is 0 Å². The molecule has 4 heterocycles. The van der Waals surface area contributed by atoms with Gasteiger partial charge in [-0.25, -0.2) is 14.6 Å². The summed E-state index contributed by atoms with van der Waals surface area (Å²) in [5, 5.41) is 22.9. The molecule has 2 unspecified atom stereocenters. The minimum Gasteiger partial charge on any atom is -0.477 e. The number of aromatic nitrogens is 3. The minimum absolute atomic E-state index is 0.162. The maximum Gasteiger partial charge on any atom is 0.352 e. The quantitative estimate of drug-likeness (QED) is 0.169. The van der Waals surface area contributed by atoms with Crippen molar-refractivity contribution in [1.82, 2.24) is 30.7 Å². The van der Waals surface area contributed by atoms with Crippen LogP contribution in [-0.4, -0.2) is 78.7 Å². The van der Waals surface area contributed by atoms with Gasteiger partial charge in [-0.15, -0.1) is 28.2 Å². The van der Waals surface area contributed by atoms with Crippen molar-refractivity contribution in [2.24, 2.45) is 5.73 Å². The van der Waals surface area contributed by atoms with Crippen molar-refractivity contribution in [2.75, 3.05) is 18.6 Å². The zero-order valence-electron chi connectivity index (χ0n) is 18.4. The van der Waals surface area contributed by atoms with Crippen LogP contribution in [-0.2, 0) is 19.1 Å². The van der Waals surface area contributed by atoms with E-state index in [-0.39, 0.29) is 17.2 Å². The average Bonchev–Trinajstić information content (AvgIpc) is 3.50. The van der Waals surface area contributed by atoms with Crippen molar-refractivity contribution in [3.8, 4) is 0 Å². The normalized spacial score (nSPS) is 22.3. The highest BCUT2D eigenvalue weighted by atomic mass is 32.2. The molecule has 3 atom stereocenters. The van der Waals surface area contributed by atoms with Crippen LogP contribution in [0.3, 0.4) is 0 Å². The van der Waals surface area contributed by atoms with Crippen molar-refractivity contribution in [3.05, 3.63) is 39.5 Å². The molecule has 1 fully saturated rings. The molecular weight excluding hydrogens is 518 g/mol. The number of hydrogen-bond acceptors (Lipinski definition) is 10. The molecule has 2 aromatic heterocycles. The summed E-state index contributed by atoms with van der Waals surface area (Å²) >= 11 is 3.72. The van der Waals surface area contributed by atoms with Gasteiger partial charge in [0, 0.05) is 23.5 Å². The molecule has 16 heteroatoms. The summed E-state index contributed by atoms with van der Waals surface area (Å²) < 4.78 is 5.46. The first-order valence-electron chi connectivity index (χ1n) is 10.1. The van der Waals surface area contributed by atoms with E-state index in [0.29, 0.717) is 21.4 Å². The fourth-order valence-corrected chi connectivity index (χ4v) is 6.91. The summed E-state index contributed by atoms with van der Waals surface area (Å²) in [4.78, 5) is 55.8. The van der Waals surface area contributed by atoms with Crippen LogP contribution in [0.4, 0.5) is 4.79 Å². The third-order valence-electron chi connectivity index (χ3n) is 5.27. The number of hydrogen-bond donors (Lipinski definition) is 5. The third kappa shape index (κ3) is 4.61. The number of aliphatic carboxylic acids is 1. The lowest BCUT2D eigenvalue weighted by molar-refractivity contribution is -0.192. The molecule has 2 aromatic rings. The number of carboxylic acids is 1. The van der Waals surface area contributed by atoms with E-state index >= 15 is 0 Å². The van der Waals surface area contributed by atoms with Gasteiger partial charge in [-0.1, -0.05) is 17.8 Å². The lowest BCUT2D eigenvalue weighted by Crippen LogP contribution is -2.81. The van der Waals surface area contributed by atoms with Crippen LogP contribution in [0.1, 0.15) is 16.7 Å². The molecule has 1 saturated heterocycles. The summed E-state index contributed by atoms with van der Waals surface area (Å²) in [5.74, 6) is -1.55. The molecule has 0 bridgehead atoms. The SMILES string of the molecule is CO[C@]1(NC(=O)C(NC(N)=O)c2cccs2)C(=O)N2C(C(=O)O)=C(CSc3n[nH]c(C)n3)CSC21. The molecule has 0 saturated carbocycles. The van der Waals surface area contributed by atoms with Crippen LogP contribution in [0.2, 0.25) is 0 Å². The first kappa shape index (κ1) is 25.0. The standard InChI is InChI=1S/C19H21N7O6S3/c1-8-21-18(25-24-8)35-7-9-6-34-16-19(32-2,15(30)26(16)12(9)14(28)29)23-13(27)11(22-17(20)31)10-4-3-5-33-10/h3-5,11,16H,6-7H2,1-2H3,(H,23,27)(H,28,29)(H3,20,22,31)(H,21,24,25)/t11?,16?,19-/m1/s1. The van der Waals surface area contributed by atoms with Crippen molar-refractivity contribution < 1.29 is 29.0 Å². The number of methoxy groups -OCH3 is 1. The Morgan fingerprint density at radius 1 is 1.49 bits per heavy atom. The molecular formula is C19H21N7O6S3. The minimum atomic E-state index is -1.81. The number of fused-ring (bicyclic) bond motifs is 1. The zero-order valence-corrected chi connectivity index (χ0v) is 20.9. The van der Waals surface area contributed by atoms with Gasteiger partial charge in [0.05, 0.1) is 0 Å². The predicted octanol–water partition coefficient (Wildman–Crippen LogP) is 0.389. The summed E-state index contributed by atoms with van der Waals surface area (Å²) in [7, 11) is 1.25. The van der Waals surface area contributed by atoms with Gasteiger partial charge in [-0.05, 0) is 23.9 Å². The molecule has 4 rings (SSSR count). The lowest BCUT2D eigenvalue weighted by Gasteiger charge is -2.56. The number of rotatable bonds is 9. The fourth-order valence-electron chi connectivity index (χ4n) is 3.71. The van der Waals surface area contributed by atoms with Crippen LogP contribution >= 0.6 is 34.9 Å². The van der Waals surface area contributed by atoms with Crippen LogP contribution in [0, 0.1) is 6.92 Å². The van der Waals surface area contributed by atoms with Gasteiger partial charge in [0.25, 0.3) is 17.5 Å². The number of thioether (sulfide) groups is 2. The Balaban J connectivity index is 1.56. The molecule has 0 radical (unpaired) electrons. The van der Waals surface area contributed by atoms with Gasteiger partial charge < -0.3 is 26.2 Å². The van der Waals surface area contributed by atoms with Gasteiger partial charge in [-0.2, -0.15) is 0 Å². The van der Waals surface area contributed by atoms with E-state index in [1.165, 1.54) is 42.0 Å². The van der Waals surface area contributed by atoms with Gasteiger partial charge >= 0.3 is 12.0 Å². The first-order chi connectivity index (χ1) is 16.7. The van der Waals surface area contributed by atoms with Crippen molar-refractivity contribution in [3.63, 3.8) is 0 Å². The number of β-lactam (4-membered cyclic amide) rings is 1. The number of carbonyl (C=O) groups excluding carboxylic acids is 3. The number of nitrogens with one attached hydrogen (secondary N) is 3.